The lowest BCUT2D eigenvalue weighted by Gasteiger charge is -2.01. The first-order valence-corrected chi connectivity index (χ1v) is 4.13. The van der Waals surface area contributed by atoms with Gasteiger partial charge in [0.15, 0.2) is 0 Å². The first kappa shape index (κ1) is 8.34. The van der Waals surface area contributed by atoms with E-state index >= 15 is 0 Å². The molecule has 0 bridgehead atoms. The summed E-state index contributed by atoms with van der Waals surface area (Å²) in [5.41, 5.74) is 1.32. The molecule has 2 heteroatoms. The monoisotopic (exact) mass is 152 g/mol. The Morgan fingerprint density at radius 1 is 1.64 bits per heavy atom. The average molecular weight is 152 g/mol. The van der Waals surface area contributed by atoms with E-state index in [1.807, 2.05) is 6.08 Å². The molecule has 1 heterocycles. The Hall–Kier alpha value is -0.760. The zero-order chi connectivity index (χ0) is 8.10. The standard InChI is InChI=1S/C9H16N2/c1-3-4-5-6-9-7-10-8(2)11-9/h3,6,8,10-11H,1,4-5,7H2,2H3/b9-6+/t8-/m0/s1. The van der Waals surface area contributed by atoms with Gasteiger partial charge in [-0.05, 0) is 19.8 Å². The second-order valence-electron chi connectivity index (χ2n) is 2.84. The van der Waals surface area contributed by atoms with Crippen molar-refractivity contribution in [3.8, 4) is 0 Å². The predicted octanol–water partition coefficient (Wildman–Crippen LogP) is 1.38. The minimum Gasteiger partial charge on any atom is -0.373 e. The predicted molar refractivity (Wildman–Crippen MR) is 48.1 cm³/mol. The van der Waals surface area contributed by atoms with Crippen LogP contribution in [0.4, 0.5) is 0 Å². The fourth-order valence-corrected chi connectivity index (χ4v) is 1.15. The molecule has 0 radical (unpaired) electrons. The maximum absolute atomic E-state index is 3.67. The summed E-state index contributed by atoms with van der Waals surface area (Å²) in [6.07, 6.45) is 6.78. The second-order valence-corrected chi connectivity index (χ2v) is 2.84. The van der Waals surface area contributed by atoms with Crippen LogP contribution in [0.1, 0.15) is 19.8 Å². The van der Waals surface area contributed by atoms with Crippen LogP contribution >= 0.6 is 0 Å². The molecule has 1 fully saturated rings. The summed E-state index contributed by atoms with van der Waals surface area (Å²) in [6.45, 7) is 6.78. The molecule has 1 aliphatic heterocycles. The zero-order valence-electron chi connectivity index (χ0n) is 7.06. The van der Waals surface area contributed by atoms with Gasteiger partial charge in [0.1, 0.15) is 0 Å². The maximum Gasteiger partial charge on any atom is 0.0740 e. The fraction of sp³-hybridized carbons (Fsp3) is 0.556. The molecule has 62 valence electrons. The quantitative estimate of drug-likeness (QED) is 0.471. The fourth-order valence-electron chi connectivity index (χ4n) is 1.15. The first-order chi connectivity index (χ1) is 5.33. The van der Waals surface area contributed by atoms with Crippen molar-refractivity contribution in [1.82, 2.24) is 10.6 Å². The van der Waals surface area contributed by atoms with Crippen molar-refractivity contribution in [1.29, 1.82) is 0 Å². The summed E-state index contributed by atoms with van der Waals surface area (Å²) >= 11 is 0. The number of hydrogen-bond donors (Lipinski definition) is 2. The van der Waals surface area contributed by atoms with E-state index in [-0.39, 0.29) is 0 Å². The summed E-state index contributed by atoms with van der Waals surface area (Å²) in [5, 5.41) is 6.62. The highest BCUT2D eigenvalue weighted by Gasteiger charge is 2.10. The van der Waals surface area contributed by atoms with Crippen LogP contribution < -0.4 is 10.6 Å². The Balaban J connectivity index is 2.24. The van der Waals surface area contributed by atoms with E-state index in [1.165, 1.54) is 5.70 Å². The van der Waals surface area contributed by atoms with E-state index in [0.717, 1.165) is 19.4 Å². The van der Waals surface area contributed by atoms with E-state index in [4.69, 9.17) is 0 Å². The second kappa shape index (κ2) is 4.19. The van der Waals surface area contributed by atoms with Crippen molar-refractivity contribution in [3.05, 3.63) is 24.4 Å². The molecule has 0 aliphatic carbocycles. The highest BCUT2D eigenvalue weighted by atomic mass is 15.2. The van der Waals surface area contributed by atoms with Gasteiger partial charge in [-0.2, -0.15) is 0 Å². The van der Waals surface area contributed by atoms with Crippen LogP contribution in [0.3, 0.4) is 0 Å². The highest BCUT2D eigenvalue weighted by molar-refractivity contribution is 5.07. The van der Waals surface area contributed by atoms with Gasteiger partial charge < -0.3 is 5.32 Å². The third-order valence-electron chi connectivity index (χ3n) is 1.76. The topological polar surface area (TPSA) is 24.1 Å². The Morgan fingerprint density at radius 2 is 2.45 bits per heavy atom. The van der Waals surface area contributed by atoms with Crippen LogP contribution in [0, 0.1) is 0 Å². The zero-order valence-corrected chi connectivity index (χ0v) is 7.06. The smallest absolute Gasteiger partial charge is 0.0740 e. The molecule has 0 aromatic rings. The summed E-state index contributed by atoms with van der Waals surface area (Å²) < 4.78 is 0. The van der Waals surface area contributed by atoms with Crippen molar-refractivity contribution in [2.24, 2.45) is 0 Å². The van der Waals surface area contributed by atoms with Gasteiger partial charge in [-0.1, -0.05) is 12.2 Å². The summed E-state index contributed by atoms with van der Waals surface area (Å²) in [5.74, 6) is 0. The number of rotatable bonds is 3. The van der Waals surface area contributed by atoms with E-state index in [2.05, 4.69) is 30.2 Å². The number of allylic oxidation sites excluding steroid dienone is 2. The van der Waals surface area contributed by atoms with Crippen molar-refractivity contribution in [3.63, 3.8) is 0 Å². The van der Waals surface area contributed by atoms with Gasteiger partial charge in [0, 0.05) is 12.2 Å². The third-order valence-corrected chi connectivity index (χ3v) is 1.76. The first-order valence-electron chi connectivity index (χ1n) is 4.13. The molecule has 2 nitrogen and oxygen atoms in total. The molecule has 1 saturated heterocycles. The Morgan fingerprint density at radius 3 is 3.00 bits per heavy atom. The SMILES string of the molecule is C=CCC/C=C1\CN[C@H](C)N1. The highest BCUT2D eigenvalue weighted by Crippen LogP contribution is 2.01. The molecular formula is C9H16N2. The van der Waals surface area contributed by atoms with Gasteiger partial charge >= 0.3 is 0 Å². The Labute approximate surface area is 68.4 Å². The molecule has 0 amide bonds. The molecule has 1 atom stereocenters. The molecule has 0 saturated carbocycles. The molecule has 1 aliphatic rings. The van der Waals surface area contributed by atoms with Crippen LogP contribution in [-0.4, -0.2) is 12.7 Å². The summed E-state index contributed by atoms with van der Waals surface area (Å²) in [4.78, 5) is 0. The molecule has 2 N–H and O–H groups in total. The van der Waals surface area contributed by atoms with E-state index < -0.39 is 0 Å². The summed E-state index contributed by atoms with van der Waals surface area (Å²) in [6, 6.07) is 0. The number of hydrogen-bond acceptors (Lipinski definition) is 2. The lowest BCUT2D eigenvalue weighted by Crippen LogP contribution is -2.26. The van der Waals surface area contributed by atoms with Crippen molar-refractivity contribution < 1.29 is 0 Å². The minimum atomic E-state index is 0.435. The average Bonchev–Trinajstić information content (AvgIpc) is 2.37. The lowest BCUT2D eigenvalue weighted by atomic mass is 10.2. The Kier molecular flexibility index (Phi) is 3.17. The Bertz CT molecular complexity index is 161. The van der Waals surface area contributed by atoms with Crippen LogP contribution in [0.25, 0.3) is 0 Å². The molecule has 0 aromatic carbocycles. The molecule has 0 unspecified atom stereocenters. The van der Waals surface area contributed by atoms with Gasteiger partial charge in [-0.3, -0.25) is 5.32 Å². The van der Waals surface area contributed by atoms with E-state index in [0.29, 0.717) is 6.17 Å². The third kappa shape index (κ3) is 2.76. The van der Waals surface area contributed by atoms with Gasteiger partial charge in [0.05, 0.1) is 6.17 Å². The lowest BCUT2D eigenvalue weighted by molar-refractivity contribution is 0.614. The number of unbranched alkanes of at least 4 members (excludes halogenated alkanes) is 1. The van der Waals surface area contributed by atoms with E-state index in [1.54, 1.807) is 0 Å². The maximum atomic E-state index is 3.67. The molecule has 0 aromatic heterocycles. The van der Waals surface area contributed by atoms with E-state index in [9.17, 15) is 0 Å². The number of nitrogens with one attached hydrogen (secondary N) is 2. The minimum absolute atomic E-state index is 0.435. The van der Waals surface area contributed by atoms with Crippen LogP contribution in [-0.2, 0) is 0 Å². The van der Waals surface area contributed by atoms with Crippen molar-refractivity contribution in [2.45, 2.75) is 25.9 Å². The normalized spacial score (nSPS) is 27.0. The van der Waals surface area contributed by atoms with Gasteiger partial charge in [0.25, 0.3) is 0 Å². The van der Waals surface area contributed by atoms with Crippen molar-refractivity contribution >= 4 is 0 Å². The molecular weight excluding hydrogens is 136 g/mol. The van der Waals surface area contributed by atoms with Crippen molar-refractivity contribution in [2.75, 3.05) is 6.54 Å². The summed E-state index contributed by atoms with van der Waals surface area (Å²) in [7, 11) is 0. The van der Waals surface area contributed by atoms with Crippen LogP contribution in [0.15, 0.2) is 24.4 Å². The molecule has 1 rings (SSSR count). The largest absolute Gasteiger partial charge is 0.373 e. The van der Waals surface area contributed by atoms with Gasteiger partial charge in [0.2, 0.25) is 0 Å². The molecule has 0 spiro atoms. The van der Waals surface area contributed by atoms with Crippen LogP contribution in [0.5, 0.6) is 0 Å². The van der Waals surface area contributed by atoms with Gasteiger partial charge in [-0.15, -0.1) is 6.58 Å². The molecule has 11 heavy (non-hydrogen) atoms. The van der Waals surface area contributed by atoms with Gasteiger partial charge in [-0.25, -0.2) is 0 Å². The van der Waals surface area contributed by atoms with Crippen LogP contribution in [0.2, 0.25) is 0 Å².